The number of hydrogen-bond acceptors (Lipinski definition) is 7. The maximum absolute atomic E-state index is 6.75. The van der Waals surface area contributed by atoms with E-state index < -0.39 is 0 Å². The molecular weight excluding hydrogens is 605 g/mol. The molecule has 0 bridgehead atoms. The van der Waals surface area contributed by atoms with Crippen LogP contribution in [0.2, 0.25) is 0 Å². The molecule has 0 saturated carbocycles. The second-order valence-electron chi connectivity index (χ2n) is 11.3. The molecule has 0 fully saturated rings. The molecule has 0 aliphatic carbocycles. The van der Waals surface area contributed by atoms with Gasteiger partial charge in [-0.2, -0.15) is 0 Å². The molecule has 8 rings (SSSR count). The van der Waals surface area contributed by atoms with Gasteiger partial charge in [-0.1, -0.05) is 109 Å². The van der Waals surface area contributed by atoms with E-state index in [1.807, 2.05) is 60.7 Å². The van der Waals surface area contributed by atoms with Crippen LogP contribution < -0.4 is 4.74 Å². The maximum Gasteiger partial charge on any atom is 0.162 e. The molecule has 7 nitrogen and oxygen atoms in total. The highest BCUT2D eigenvalue weighted by molar-refractivity contribution is 5.81. The molecule has 0 radical (unpaired) electrons. The summed E-state index contributed by atoms with van der Waals surface area (Å²) in [7, 11) is 0. The Morgan fingerprint density at radius 1 is 0.306 bits per heavy atom. The Bertz CT molecular complexity index is 2210. The predicted molar refractivity (Wildman–Crippen MR) is 192 cm³/mol. The quantitative estimate of drug-likeness (QED) is 0.165. The van der Waals surface area contributed by atoms with Gasteiger partial charge in [0.25, 0.3) is 0 Å². The fourth-order valence-electron chi connectivity index (χ4n) is 5.89. The first kappa shape index (κ1) is 29.5. The number of ether oxygens (including phenoxy) is 1. The van der Waals surface area contributed by atoms with E-state index in [2.05, 4.69) is 115 Å². The van der Waals surface area contributed by atoms with Crippen molar-refractivity contribution in [3.8, 4) is 78.8 Å². The fourth-order valence-corrected chi connectivity index (χ4v) is 5.89. The second-order valence-corrected chi connectivity index (χ2v) is 11.3. The Kier molecular flexibility index (Phi) is 8.12. The first-order valence-corrected chi connectivity index (χ1v) is 15.8. The van der Waals surface area contributed by atoms with Gasteiger partial charge in [0.1, 0.15) is 36.8 Å². The summed E-state index contributed by atoms with van der Waals surface area (Å²) in [6.07, 6.45) is 6.06. The van der Waals surface area contributed by atoms with E-state index in [0.29, 0.717) is 11.6 Å². The third-order valence-electron chi connectivity index (χ3n) is 8.24. The third-order valence-corrected chi connectivity index (χ3v) is 8.24. The van der Waals surface area contributed by atoms with E-state index >= 15 is 0 Å². The number of rotatable bonds is 8. The lowest BCUT2D eigenvalue weighted by Gasteiger charge is -2.16. The molecule has 232 valence electrons. The highest BCUT2D eigenvalue weighted by Crippen LogP contribution is 2.40. The molecule has 0 aliphatic rings. The van der Waals surface area contributed by atoms with Crippen LogP contribution in [0.5, 0.6) is 11.5 Å². The Morgan fingerprint density at radius 3 is 1.04 bits per heavy atom. The van der Waals surface area contributed by atoms with E-state index in [-0.39, 0.29) is 0 Å². The average molecular weight is 633 g/mol. The van der Waals surface area contributed by atoms with Crippen LogP contribution >= 0.6 is 0 Å². The Hall–Kier alpha value is -6.86. The molecular formula is C42H28N6O. The van der Waals surface area contributed by atoms with E-state index in [1.165, 1.54) is 25.3 Å². The van der Waals surface area contributed by atoms with Crippen LogP contribution in [0, 0.1) is 0 Å². The monoisotopic (exact) mass is 632 g/mol. The zero-order valence-corrected chi connectivity index (χ0v) is 26.3. The summed E-state index contributed by atoms with van der Waals surface area (Å²) in [5.74, 6) is 2.83. The minimum atomic E-state index is 0.643. The van der Waals surface area contributed by atoms with Gasteiger partial charge in [0.05, 0.1) is 0 Å². The van der Waals surface area contributed by atoms with Crippen molar-refractivity contribution in [3.63, 3.8) is 0 Å². The zero-order chi connectivity index (χ0) is 32.8. The normalized spacial score (nSPS) is 10.9. The minimum absolute atomic E-state index is 0.643. The van der Waals surface area contributed by atoms with Gasteiger partial charge in [-0.05, 0) is 69.8 Å². The maximum atomic E-state index is 6.75. The molecule has 0 unspecified atom stereocenters. The molecule has 8 aromatic rings. The summed E-state index contributed by atoms with van der Waals surface area (Å²) in [5.41, 5.74) is 10.3. The Morgan fingerprint density at radius 2 is 0.633 bits per heavy atom. The van der Waals surface area contributed by atoms with Crippen molar-refractivity contribution in [1.29, 1.82) is 0 Å². The van der Waals surface area contributed by atoms with Crippen molar-refractivity contribution in [2.45, 2.75) is 0 Å². The summed E-state index contributed by atoms with van der Waals surface area (Å²) in [4.78, 5) is 25.2. The summed E-state index contributed by atoms with van der Waals surface area (Å²) < 4.78 is 6.75. The van der Waals surface area contributed by atoms with Crippen LogP contribution in [0.25, 0.3) is 67.3 Å². The highest BCUT2D eigenvalue weighted by atomic mass is 16.5. The van der Waals surface area contributed by atoms with Crippen molar-refractivity contribution in [2.75, 3.05) is 0 Å². The molecule has 0 N–H and O–H groups in total. The molecule has 7 heteroatoms. The molecule has 49 heavy (non-hydrogen) atoms. The van der Waals surface area contributed by atoms with Crippen molar-refractivity contribution < 1.29 is 4.74 Å². The van der Waals surface area contributed by atoms with Gasteiger partial charge in [0, 0.05) is 22.3 Å². The van der Waals surface area contributed by atoms with Crippen molar-refractivity contribution in [1.82, 2.24) is 29.9 Å². The van der Waals surface area contributed by atoms with Gasteiger partial charge in [0.2, 0.25) is 0 Å². The lowest BCUT2D eigenvalue weighted by molar-refractivity contribution is 0.486. The first-order valence-electron chi connectivity index (χ1n) is 15.8. The molecule has 0 spiro atoms. The summed E-state index contributed by atoms with van der Waals surface area (Å²) in [6, 6.07) is 49.8. The van der Waals surface area contributed by atoms with Crippen LogP contribution in [-0.4, -0.2) is 29.9 Å². The molecule has 2 aromatic heterocycles. The van der Waals surface area contributed by atoms with Crippen molar-refractivity contribution >= 4 is 0 Å². The molecule has 0 atom stereocenters. The van der Waals surface area contributed by atoms with Crippen LogP contribution in [-0.2, 0) is 0 Å². The SMILES string of the molecule is c1cc(-c2cccc(-c3ccccc3Oc3ccccc3-c3cccc(-c4cccc(-c5ncncn5)c4)c3)c2)cc(-c2ncncn2)c1. The van der Waals surface area contributed by atoms with Crippen LogP contribution in [0.15, 0.2) is 171 Å². The number of aromatic nitrogens is 6. The van der Waals surface area contributed by atoms with Crippen molar-refractivity contribution in [2.24, 2.45) is 0 Å². The van der Waals surface area contributed by atoms with Gasteiger partial charge in [0.15, 0.2) is 11.6 Å². The average Bonchev–Trinajstić information content (AvgIpc) is 3.19. The van der Waals surface area contributed by atoms with Gasteiger partial charge < -0.3 is 4.74 Å². The second kappa shape index (κ2) is 13.5. The lowest BCUT2D eigenvalue weighted by Crippen LogP contribution is -1.92. The van der Waals surface area contributed by atoms with Gasteiger partial charge >= 0.3 is 0 Å². The van der Waals surface area contributed by atoms with Crippen LogP contribution in [0.3, 0.4) is 0 Å². The summed E-state index contributed by atoms with van der Waals surface area (Å²) >= 11 is 0. The Labute approximate surface area is 283 Å². The van der Waals surface area contributed by atoms with E-state index in [0.717, 1.165) is 67.1 Å². The molecule has 0 amide bonds. The van der Waals surface area contributed by atoms with E-state index in [1.54, 1.807) is 0 Å². The smallest absolute Gasteiger partial charge is 0.162 e. The summed E-state index contributed by atoms with van der Waals surface area (Å²) in [5, 5.41) is 0. The topological polar surface area (TPSA) is 86.6 Å². The number of hydrogen-bond donors (Lipinski definition) is 0. The predicted octanol–water partition coefficient (Wildman–Crippen LogP) is 9.85. The number of benzene rings is 6. The van der Waals surface area contributed by atoms with Gasteiger partial charge in [-0.25, -0.2) is 29.9 Å². The highest BCUT2D eigenvalue weighted by Gasteiger charge is 2.13. The minimum Gasteiger partial charge on any atom is -0.456 e. The first-order chi connectivity index (χ1) is 24.3. The zero-order valence-electron chi connectivity index (χ0n) is 26.3. The van der Waals surface area contributed by atoms with E-state index in [9.17, 15) is 0 Å². The third kappa shape index (κ3) is 6.41. The number of para-hydroxylation sites is 2. The number of nitrogens with zero attached hydrogens (tertiary/aromatic N) is 6. The molecule has 2 heterocycles. The fraction of sp³-hybridized carbons (Fsp3) is 0. The van der Waals surface area contributed by atoms with E-state index in [4.69, 9.17) is 4.74 Å². The van der Waals surface area contributed by atoms with Gasteiger partial charge in [-0.15, -0.1) is 0 Å². The lowest BCUT2D eigenvalue weighted by atomic mass is 9.97. The van der Waals surface area contributed by atoms with Crippen LogP contribution in [0.4, 0.5) is 0 Å². The molecule has 6 aromatic carbocycles. The van der Waals surface area contributed by atoms with Crippen LogP contribution in [0.1, 0.15) is 0 Å². The van der Waals surface area contributed by atoms with Crippen molar-refractivity contribution in [3.05, 3.63) is 171 Å². The van der Waals surface area contributed by atoms with Gasteiger partial charge in [-0.3, -0.25) is 0 Å². The summed E-state index contributed by atoms with van der Waals surface area (Å²) in [6.45, 7) is 0. The standard InChI is InChI=1S/C42H28N6O/c1-3-19-39(37(17-1)33-13-5-9-29(21-33)31-11-7-15-35(23-31)41-45-25-43-26-46-41)49-40-20-4-2-18-38(40)34-14-6-10-30(22-34)32-12-8-16-36(24-32)42-47-27-44-28-48-42/h1-28H. The largest absolute Gasteiger partial charge is 0.456 e. The molecule has 0 aliphatic heterocycles. The Balaban J connectivity index is 1.11. The molecule has 0 saturated heterocycles.